The number of rotatable bonds is 2. The highest BCUT2D eigenvalue weighted by Crippen LogP contribution is 2.45. The zero-order valence-corrected chi connectivity index (χ0v) is 12.4. The Morgan fingerprint density at radius 1 is 1.33 bits per heavy atom. The van der Waals surface area contributed by atoms with Crippen LogP contribution in [0.15, 0.2) is 18.2 Å². The topological polar surface area (TPSA) is 79.1 Å². The Kier molecular flexibility index (Phi) is 2.35. The van der Waals surface area contributed by atoms with Crippen molar-refractivity contribution < 1.29 is 4.74 Å². The third kappa shape index (κ3) is 1.87. The van der Waals surface area contributed by atoms with Crippen LogP contribution in [0.5, 0.6) is 5.75 Å². The monoisotopic (exact) mass is 284 g/mol. The van der Waals surface area contributed by atoms with Gasteiger partial charge in [-0.15, -0.1) is 0 Å². The fourth-order valence-electron chi connectivity index (χ4n) is 3.09. The summed E-state index contributed by atoms with van der Waals surface area (Å²) in [5.41, 5.74) is 8.90. The molecule has 4 rings (SSSR count). The van der Waals surface area contributed by atoms with Gasteiger partial charge in [-0.25, -0.2) is 9.66 Å². The Bertz CT molecular complexity index is 728. The highest BCUT2D eigenvalue weighted by Gasteiger charge is 2.35. The van der Waals surface area contributed by atoms with Crippen LogP contribution in [0, 0.1) is 0 Å². The summed E-state index contributed by atoms with van der Waals surface area (Å²) >= 11 is 0. The highest BCUT2D eigenvalue weighted by molar-refractivity contribution is 5.78. The van der Waals surface area contributed by atoms with Crippen molar-refractivity contribution in [1.29, 1.82) is 0 Å². The standard InChI is InChI=1S/C16H20N4O/c1-16(2)8-10-4-3-5-11(13(10)21-16)12-14(17)20(18)15(19-12)9-6-7-9/h3-5,9H,6-8,17-18H2,1-2H3. The van der Waals surface area contributed by atoms with Gasteiger partial charge in [0.2, 0.25) is 0 Å². The van der Waals surface area contributed by atoms with Crippen molar-refractivity contribution in [3.8, 4) is 17.0 Å². The molecule has 5 heteroatoms. The van der Waals surface area contributed by atoms with E-state index < -0.39 is 0 Å². The average Bonchev–Trinajstić information content (AvgIpc) is 3.14. The van der Waals surface area contributed by atoms with Gasteiger partial charge in [-0.2, -0.15) is 0 Å². The van der Waals surface area contributed by atoms with Crippen LogP contribution in [0.4, 0.5) is 5.82 Å². The van der Waals surface area contributed by atoms with E-state index >= 15 is 0 Å². The first kappa shape index (κ1) is 12.6. The average molecular weight is 284 g/mol. The minimum Gasteiger partial charge on any atom is -0.487 e. The van der Waals surface area contributed by atoms with Crippen LogP contribution in [0.1, 0.15) is 44.0 Å². The lowest BCUT2D eigenvalue weighted by Crippen LogP contribution is -2.24. The molecule has 2 aliphatic rings. The normalized spacial score (nSPS) is 19.3. The van der Waals surface area contributed by atoms with E-state index in [0.29, 0.717) is 11.7 Å². The minimum absolute atomic E-state index is 0.183. The summed E-state index contributed by atoms with van der Waals surface area (Å²) in [6.45, 7) is 4.19. The Labute approximate surface area is 123 Å². The van der Waals surface area contributed by atoms with Crippen LogP contribution >= 0.6 is 0 Å². The maximum atomic E-state index is 6.18. The quantitative estimate of drug-likeness (QED) is 0.830. The van der Waals surface area contributed by atoms with Crippen molar-refractivity contribution in [2.45, 2.75) is 44.6 Å². The van der Waals surface area contributed by atoms with E-state index in [9.17, 15) is 0 Å². The van der Waals surface area contributed by atoms with E-state index in [0.717, 1.165) is 42.1 Å². The van der Waals surface area contributed by atoms with Gasteiger partial charge in [0.05, 0.1) is 0 Å². The second kappa shape index (κ2) is 3.93. The first-order chi connectivity index (χ1) is 9.96. The molecule has 1 aliphatic carbocycles. The van der Waals surface area contributed by atoms with Crippen LogP contribution in [-0.2, 0) is 6.42 Å². The van der Waals surface area contributed by atoms with E-state index in [1.807, 2.05) is 12.1 Å². The maximum Gasteiger partial charge on any atom is 0.150 e. The van der Waals surface area contributed by atoms with Crippen LogP contribution in [0.3, 0.4) is 0 Å². The molecule has 1 aliphatic heterocycles. The highest BCUT2D eigenvalue weighted by atomic mass is 16.5. The number of fused-ring (bicyclic) bond motifs is 1. The van der Waals surface area contributed by atoms with Gasteiger partial charge in [0.1, 0.15) is 22.9 Å². The summed E-state index contributed by atoms with van der Waals surface area (Å²) in [6.07, 6.45) is 3.18. The number of imidazole rings is 1. The molecule has 0 bridgehead atoms. The number of anilines is 1. The van der Waals surface area contributed by atoms with Gasteiger partial charge in [0, 0.05) is 17.9 Å². The number of aromatic nitrogens is 2. The van der Waals surface area contributed by atoms with Crippen molar-refractivity contribution in [2.75, 3.05) is 11.6 Å². The molecule has 0 unspecified atom stereocenters. The van der Waals surface area contributed by atoms with E-state index in [1.54, 1.807) is 0 Å². The predicted octanol–water partition coefficient (Wildman–Crippen LogP) is 2.44. The lowest BCUT2D eigenvalue weighted by Gasteiger charge is -2.18. The van der Waals surface area contributed by atoms with Crippen molar-refractivity contribution >= 4 is 5.82 Å². The molecule has 5 nitrogen and oxygen atoms in total. The molecule has 0 amide bonds. The lowest BCUT2D eigenvalue weighted by molar-refractivity contribution is 0.139. The minimum atomic E-state index is -0.183. The molecule has 2 aromatic rings. The zero-order valence-electron chi connectivity index (χ0n) is 12.4. The number of hydrogen-bond donors (Lipinski definition) is 2. The van der Waals surface area contributed by atoms with Crippen LogP contribution < -0.4 is 16.3 Å². The van der Waals surface area contributed by atoms with Crippen molar-refractivity contribution in [3.63, 3.8) is 0 Å². The van der Waals surface area contributed by atoms with E-state index in [-0.39, 0.29) is 5.60 Å². The molecular formula is C16H20N4O. The Hall–Kier alpha value is -2.17. The molecule has 1 aromatic heterocycles. The number of benzene rings is 1. The molecule has 2 heterocycles. The molecule has 0 radical (unpaired) electrons. The Balaban J connectivity index is 1.86. The summed E-state index contributed by atoms with van der Waals surface area (Å²) in [5.74, 6) is 8.82. The van der Waals surface area contributed by atoms with Gasteiger partial charge in [-0.05, 0) is 38.3 Å². The molecule has 0 saturated heterocycles. The summed E-state index contributed by atoms with van der Waals surface area (Å²) < 4.78 is 7.65. The largest absolute Gasteiger partial charge is 0.487 e. The maximum absolute atomic E-state index is 6.18. The van der Waals surface area contributed by atoms with Gasteiger partial charge in [0.15, 0.2) is 5.82 Å². The molecule has 21 heavy (non-hydrogen) atoms. The molecule has 110 valence electrons. The van der Waals surface area contributed by atoms with E-state index in [1.165, 1.54) is 10.2 Å². The lowest BCUT2D eigenvalue weighted by atomic mass is 10.00. The second-order valence-electron chi connectivity index (χ2n) is 6.68. The molecule has 1 saturated carbocycles. The smallest absolute Gasteiger partial charge is 0.150 e. The first-order valence-corrected chi connectivity index (χ1v) is 7.41. The molecule has 0 atom stereocenters. The third-order valence-corrected chi connectivity index (χ3v) is 4.26. The fourth-order valence-corrected chi connectivity index (χ4v) is 3.09. The predicted molar refractivity (Wildman–Crippen MR) is 82.6 cm³/mol. The Morgan fingerprint density at radius 2 is 2.10 bits per heavy atom. The molecule has 1 fully saturated rings. The van der Waals surface area contributed by atoms with E-state index in [4.69, 9.17) is 21.3 Å². The Morgan fingerprint density at radius 3 is 2.81 bits per heavy atom. The van der Waals surface area contributed by atoms with E-state index in [2.05, 4.69) is 19.9 Å². The third-order valence-electron chi connectivity index (χ3n) is 4.26. The number of ether oxygens (including phenoxy) is 1. The zero-order chi connectivity index (χ0) is 14.8. The number of nitrogens with two attached hydrogens (primary N) is 2. The molecule has 0 spiro atoms. The van der Waals surface area contributed by atoms with Crippen LogP contribution in [0.25, 0.3) is 11.3 Å². The second-order valence-corrected chi connectivity index (χ2v) is 6.68. The summed E-state index contributed by atoms with van der Waals surface area (Å²) in [4.78, 5) is 4.70. The van der Waals surface area contributed by atoms with Gasteiger partial charge < -0.3 is 16.3 Å². The molecule has 4 N–H and O–H groups in total. The number of nitrogens with zero attached hydrogens (tertiary/aromatic N) is 2. The van der Waals surface area contributed by atoms with Crippen molar-refractivity contribution in [2.24, 2.45) is 0 Å². The summed E-state index contributed by atoms with van der Waals surface area (Å²) in [7, 11) is 0. The van der Waals surface area contributed by atoms with Gasteiger partial charge in [-0.1, -0.05) is 12.1 Å². The van der Waals surface area contributed by atoms with Crippen LogP contribution in [0.2, 0.25) is 0 Å². The van der Waals surface area contributed by atoms with Crippen molar-refractivity contribution in [3.05, 3.63) is 29.6 Å². The van der Waals surface area contributed by atoms with Gasteiger partial charge in [-0.3, -0.25) is 0 Å². The summed E-state index contributed by atoms with van der Waals surface area (Å²) in [6, 6.07) is 6.14. The number of hydrogen-bond acceptors (Lipinski definition) is 4. The van der Waals surface area contributed by atoms with Gasteiger partial charge in [0.25, 0.3) is 0 Å². The SMILES string of the molecule is CC1(C)Cc2cccc(-c3nc(C4CC4)n(N)c3N)c2O1. The van der Waals surface area contributed by atoms with Crippen molar-refractivity contribution in [1.82, 2.24) is 9.66 Å². The van der Waals surface area contributed by atoms with Crippen LogP contribution in [-0.4, -0.2) is 15.3 Å². The summed E-state index contributed by atoms with van der Waals surface area (Å²) in [5, 5.41) is 0. The fraction of sp³-hybridized carbons (Fsp3) is 0.438. The van der Waals surface area contributed by atoms with Gasteiger partial charge >= 0.3 is 0 Å². The molecule has 1 aromatic carbocycles. The molecular weight excluding hydrogens is 264 g/mol. The first-order valence-electron chi connectivity index (χ1n) is 7.41. The number of para-hydroxylation sites is 1. The number of nitrogen functional groups attached to an aromatic ring is 2.